The fourth-order valence-electron chi connectivity index (χ4n) is 3.82. The first-order valence-electron chi connectivity index (χ1n) is 10.2. The third kappa shape index (κ3) is 8.27. The van der Waals surface area contributed by atoms with Crippen molar-refractivity contribution >= 4 is 11.8 Å². The van der Waals surface area contributed by atoms with Crippen LogP contribution in [0.25, 0.3) is 0 Å². The zero-order valence-corrected chi connectivity index (χ0v) is 16.1. The summed E-state index contributed by atoms with van der Waals surface area (Å²) in [6.07, 6.45) is 18.5. The topological polar surface area (TPSA) is 18.5 Å². The molecule has 0 spiro atoms. The molecule has 3 atom stereocenters. The van der Waals surface area contributed by atoms with Gasteiger partial charge in [-0.1, -0.05) is 32.6 Å². The normalized spacial score (nSPS) is 27.0. The molecule has 0 aromatic rings. The highest BCUT2D eigenvalue weighted by atomic mass is 32.2. The van der Waals surface area contributed by atoms with Crippen LogP contribution < -0.4 is 0 Å². The fourth-order valence-corrected chi connectivity index (χ4v) is 5.16. The quantitative estimate of drug-likeness (QED) is 0.430. The second kappa shape index (κ2) is 12.6. The highest BCUT2D eigenvalue weighted by Gasteiger charge is 2.23. The van der Waals surface area contributed by atoms with E-state index in [1.54, 1.807) is 0 Å². The van der Waals surface area contributed by atoms with Crippen LogP contribution >= 0.6 is 11.8 Å². The highest BCUT2D eigenvalue weighted by molar-refractivity contribution is 7.99. The molecule has 2 heterocycles. The molecule has 0 bridgehead atoms. The van der Waals surface area contributed by atoms with E-state index in [0.717, 1.165) is 18.5 Å². The highest BCUT2D eigenvalue weighted by Crippen LogP contribution is 2.28. The zero-order valence-electron chi connectivity index (χ0n) is 15.3. The first-order valence-corrected chi connectivity index (χ1v) is 11.3. The molecule has 3 unspecified atom stereocenters. The number of ether oxygens (including phenoxy) is 2. The van der Waals surface area contributed by atoms with Crippen LogP contribution in [0.3, 0.4) is 0 Å². The predicted octanol–water partition coefficient (Wildman–Crippen LogP) is 5.98. The predicted molar refractivity (Wildman–Crippen MR) is 101 cm³/mol. The van der Waals surface area contributed by atoms with Gasteiger partial charge < -0.3 is 9.47 Å². The molecular weight excluding hydrogens is 304 g/mol. The molecule has 0 aromatic carbocycles. The van der Waals surface area contributed by atoms with Crippen LogP contribution in [-0.2, 0) is 9.47 Å². The van der Waals surface area contributed by atoms with E-state index in [1.165, 1.54) is 89.2 Å². The lowest BCUT2D eigenvalue weighted by atomic mass is 10.0. The minimum Gasteiger partial charge on any atom is -0.378 e. The molecule has 2 aliphatic heterocycles. The molecule has 0 saturated carbocycles. The van der Waals surface area contributed by atoms with Crippen molar-refractivity contribution in [2.45, 2.75) is 108 Å². The molecular formula is C20H38O2S. The summed E-state index contributed by atoms with van der Waals surface area (Å²) in [4.78, 5) is 0. The van der Waals surface area contributed by atoms with Crippen LogP contribution in [0.2, 0.25) is 0 Å². The Labute approximate surface area is 148 Å². The van der Waals surface area contributed by atoms with E-state index in [0.29, 0.717) is 12.2 Å². The van der Waals surface area contributed by atoms with Crippen molar-refractivity contribution in [3.05, 3.63) is 0 Å². The Bertz CT molecular complexity index is 273. The largest absolute Gasteiger partial charge is 0.378 e. The van der Waals surface area contributed by atoms with Gasteiger partial charge in [-0.3, -0.25) is 0 Å². The van der Waals surface area contributed by atoms with Gasteiger partial charge >= 0.3 is 0 Å². The third-order valence-corrected chi connectivity index (χ3v) is 6.90. The fraction of sp³-hybridized carbons (Fsp3) is 1.00. The zero-order chi connectivity index (χ0) is 16.2. The molecule has 0 aliphatic carbocycles. The average molecular weight is 343 g/mol. The second-order valence-corrected chi connectivity index (χ2v) is 8.61. The number of hydrogen-bond donors (Lipinski definition) is 0. The summed E-state index contributed by atoms with van der Waals surface area (Å²) in [7, 11) is 0. The average Bonchev–Trinajstić information content (AvgIpc) is 2.62. The number of unbranched alkanes of at least 4 members (excludes halogenated alkanes) is 4. The Kier molecular flexibility index (Phi) is 10.7. The molecule has 2 nitrogen and oxygen atoms in total. The van der Waals surface area contributed by atoms with Gasteiger partial charge in [0.2, 0.25) is 0 Å². The van der Waals surface area contributed by atoms with Gasteiger partial charge in [-0.15, -0.1) is 0 Å². The lowest BCUT2D eigenvalue weighted by Gasteiger charge is -2.29. The maximum absolute atomic E-state index is 5.97. The molecule has 3 heteroatoms. The van der Waals surface area contributed by atoms with Crippen molar-refractivity contribution in [1.82, 2.24) is 0 Å². The van der Waals surface area contributed by atoms with Crippen molar-refractivity contribution in [1.29, 1.82) is 0 Å². The van der Waals surface area contributed by atoms with Crippen LogP contribution in [0.5, 0.6) is 0 Å². The Morgan fingerprint density at radius 1 is 0.870 bits per heavy atom. The summed E-state index contributed by atoms with van der Waals surface area (Å²) < 4.78 is 11.8. The van der Waals surface area contributed by atoms with Crippen molar-refractivity contribution in [2.75, 3.05) is 19.0 Å². The summed E-state index contributed by atoms with van der Waals surface area (Å²) in [5.41, 5.74) is 0. The van der Waals surface area contributed by atoms with Crippen molar-refractivity contribution < 1.29 is 9.47 Å². The molecule has 0 aromatic heterocycles. The van der Waals surface area contributed by atoms with Gasteiger partial charge in [0.25, 0.3) is 0 Å². The van der Waals surface area contributed by atoms with E-state index >= 15 is 0 Å². The Morgan fingerprint density at radius 2 is 1.61 bits per heavy atom. The second-order valence-electron chi connectivity index (χ2n) is 7.27. The minimum atomic E-state index is 0.536. The van der Waals surface area contributed by atoms with E-state index in [4.69, 9.17) is 9.47 Å². The molecule has 2 saturated heterocycles. The monoisotopic (exact) mass is 342 g/mol. The van der Waals surface area contributed by atoms with Crippen LogP contribution in [0, 0.1) is 0 Å². The van der Waals surface area contributed by atoms with Crippen LogP contribution in [-0.4, -0.2) is 36.4 Å². The van der Waals surface area contributed by atoms with Gasteiger partial charge in [0.05, 0.1) is 12.2 Å². The Balaban J connectivity index is 1.40. The first kappa shape index (κ1) is 19.6. The first-order chi connectivity index (χ1) is 11.4. The standard InChI is InChI=1S/C20H38O2S/c1-2-20(19-14-8-10-16-22-19)23-17-11-5-3-4-6-12-18-13-7-9-15-21-18/h18-20H,2-17H2,1H3. The van der Waals surface area contributed by atoms with E-state index in [9.17, 15) is 0 Å². The van der Waals surface area contributed by atoms with Gasteiger partial charge in [0.15, 0.2) is 0 Å². The molecule has 2 rings (SSSR count). The maximum Gasteiger partial charge on any atom is 0.0693 e. The van der Waals surface area contributed by atoms with Crippen molar-refractivity contribution in [3.8, 4) is 0 Å². The molecule has 0 N–H and O–H groups in total. The van der Waals surface area contributed by atoms with Crippen molar-refractivity contribution in [2.24, 2.45) is 0 Å². The molecule has 23 heavy (non-hydrogen) atoms. The minimum absolute atomic E-state index is 0.536. The summed E-state index contributed by atoms with van der Waals surface area (Å²) >= 11 is 2.17. The number of rotatable bonds is 11. The molecule has 2 fully saturated rings. The van der Waals surface area contributed by atoms with E-state index in [1.807, 2.05) is 0 Å². The molecule has 0 amide bonds. The summed E-state index contributed by atoms with van der Waals surface area (Å²) in [6.45, 7) is 4.32. The van der Waals surface area contributed by atoms with Gasteiger partial charge in [-0.2, -0.15) is 11.8 Å². The van der Waals surface area contributed by atoms with E-state index in [-0.39, 0.29) is 0 Å². The maximum atomic E-state index is 5.97. The van der Waals surface area contributed by atoms with E-state index < -0.39 is 0 Å². The van der Waals surface area contributed by atoms with Crippen LogP contribution in [0.4, 0.5) is 0 Å². The molecule has 136 valence electrons. The van der Waals surface area contributed by atoms with Gasteiger partial charge in [-0.25, -0.2) is 0 Å². The third-order valence-electron chi connectivity index (χ3n) is 5.31. The van der Waals surface area contributed by atoms with Crippen LogP contribution in [0.15, 0.2) is 0 Å². The number of hydrogen-bond acceptors (Lipinski definition) is 3. The lowest BCUT2D eigenvalue weighted by molar-refractivity contribution is 0.00977. The molecule has 2 aliphatic rings. The van der Waals surface area contributed by atoms with Gasteiger partial charge in [-0.05, 0) is 63.5 Å². The molecule has 0 radical (unpaired) electrons. The number of thioether (sulfide) groups is 1. The van der Waals surface area contributed by atoms with Gasteiger partial charge in [0, 0.05) is 18.5 Å². The van der Waals surface area contributed by atoms with Crippen molar-refractivity contribution in [3.63, 3.8) is 0 Å². The lowest BCUT2D eigenvalue weighted by Crippen LogP contribution is -2.29. The Hall–Kier alpha value is 0.270. The summed E-state index contributed by atoms with van der Waals surface area (Å²) in [6, 6.07) is 0. The van der Waals surface area contributed by atoms with E-state index in [2.05, 4.69) is 18.7 Å². The SMILES string of the molecule is CCC(SCCCCCCCC1CCCCO1)C1CCCCO1. The summed E-state index contributed by atoms with van der Waals surface area (Å²) in [5, 5.41) is 0.735. The van der Waals surface area contributed by atoms with Crippen LogP contribution in [0.1, 0.15) is 90.4 Å². The summed E-state index contributed by atoms with van der Waals surface area (Å²) in [5.74, 6) is 1.32. The van der Waals surface area contributed by atoms with Gasteiger partial charge in [0.1, 0.15) is 0 Å². The Morgan fingerprint density at radius 3 is 2.30 bits per heavy atom. The smallest absolute Gasteiger partial charge is 0.0693 e.